The molecule has 0 aromatic carbocycles. The first-order valence-corrected chi connectivity index (χ1v) is 4.65. The number of hydrogen-bond donors (Lipinski definition) is 2. The Morgan fingerprint density at radius 3 is 2.60 bits per heavy atom. The van der Waals surface area contributed by atoms with Crippen LogP contribution in [0.5, 0.6) is 0 Å². The van der Waals surface area contributed by atoms with Crippen LogP contribution >= 0.6 is 12.6 Å². The molecule has 60 valence electrons. The van der Waals surface area contributed by atoms with E-state index < -0.39 is 0 Å². The van der Waals surface area contributed by atoms with Crippen LogP contribution in [-0.2, 0) is 0 Å². The van der Waals surface area contributed by atoms with Crippen molar-refractivity contribution in [3.63, 3.8) is 0 Å². The third-order valence-corrected chi connectivity index (χ3v) is 2.77. The van der Waals surface area contributed by atoms with Gasteiger partial charge in [0.25, 0.3) is 0 Å². The Balaban J connectivity index is 2.40. The maximum absolute atomic E-state index is 4.53. The molecular weight excluding hydrogens is 142 g/mol. The fourth-order valence-electron chi connectivity index (χ4n) is 1.58. The Bertz CT molecular complexity index is 103. The highest BCUT2D eigenvalue weighted by Crippen LogP contribution is 2.19. The minimum absolute atomic E-state index is 0.578. The van der Waals surface area contributed by atoms with Crippen molar-refractivity contribution >= 4 is 12.6 Å². The molecule has 0 spiro atoms. The van der Waals surface area contributed by atoms with E-state index in [1.54, 1.807) is 0 Å². The molecule has 1 rings (SSSR count). The molecule has 1 aliphatic heterocycles. The van der Waals surface area contributed by atoms with E-state index in [1.807, 2.05) is 0 Å². The van der Waals surface area contributed by atoms with Gasteiger partial charge in [-0.25, -0.2) is 0 Å². The summed E-state index contributed by atoms with van der Waals surface area (Å²) in [5, 5.41) is 4.07. The molecule has 0 aliphatic carbocycles. The monoisotopic (exact) mass is 159 g/mol. The average molecular weight is 159 g/mol. The van der Waals surface area contributed by atoms with Gasteiger partial charge in [-0.1, -0.05) is 13.8 Å². The molecule has 1 fully saturated rings. The third kappa shape index (κ3) is 1.89. The molecule has 0 aromatic rings. The van der Waals surface area contributed by atoms with Gasteiger partial charge in [-0.2, -0.15) is 12.6 Å². The molecule has 1 aliphatic rings. The van der Waals surface area contributed by atoms with E-state index in [1.165, 1.54) is 19.4 Å². The first kappa shape index (κ1) is 8.41. The largest absolute Gasteiger partial charge is 0.313 e. The summed E-state index contributed by atoms with van der Waals surface area (Å²) in [6, 6.07) is 0.636. The zero-order chi connectivity index (χ0) is 7.56. The highest BCUT2D eigenvalue weighted by Gasteiger charge is 2.23. The normalized spacial score (nSPS) is 34.8. The second-order valence-corrected chi connectivity index (χ2v) is 4.10. The summed E-state index contributed by atoms with van der Waals surface area (Å²) in [7, 11) is 0. The van der Waals surface area contributed by atoms with Gasteiger partial charge < -0.3 is 5.32 Å². The molecule has 2 heteroatoms. The van der Waals surface area contributed by atoms with Crippen LogP contribution < -0.4 is 5.32 Å². The maximum atomic E-state index is 4.53. The highest BCUT2D eigenvalue weighted by molar-refractivity contribution is 7.81. The number of thiol groups is 1. The molecular formula is C8H17NS. The van der Waals surface area contributed by atoms with Crippen molar-refractivity contribution in [2.24, 2.45) is 5.92 Å². The Kier molecular flexibility index (Phi) is 3.05. The minimum atomic E-state index is 0.578. The molecule has 0 amide bonds. The summed E-state index contributed by atoms with van der Waals surface area (Å²) in [6.45, 7) is 5.69. The van der Waals surface area contributed by atoms with E-state index in [-0.39, 0.29) is 0 Å². The Morgan fingerprint density at radius 2 is 2.20 bits per heavy atom. The molecule has 0 aromatic heterocycles. The van der Waals surface area contributed by atoms with Crippen molar-refractivity contribution in [2.45, 2.75) is 38.0 Å². The van der Waals surface area contributed by atoms with Crippen molar-refractivity contribution in [1.29, 1.82) is 0 Å². The molecule has 0 bridgehead atoms. The van der Waals surface area contributed by atoms with Gasteiger partial charge in [-0.3, -0.25) is 0 Å². The number of nitrogens with one attached hydrogen (secondary N) is 1. The quantitative estimate of drug-likeness (QED) is 0.555. The predicted octanol–water partition coefficient (Wildman–Crippen LogP) is 1.69. The average Bonchev–Trinajstić information content (AvgIpc) is 1.88. The van der Waals surface area contributed by atoms with Crippen LogP contribution in [0.4, 0.5) is 0 Å². The molecule has 1 saturated heterocycles. The highest BCUT2D eigenvalue weighted by atomic mass is 32.1. The van der Waals surface area contributed by atoms with Gasteiger partial charge in [-0.15, -0.1) is 0 Å². The standard InChI is InChI=1S/C8H17NS/c1-6(2)8-7(10)4-3-5-9-8/h6-10H,3-5H2,1-2H3. The van der Waals surface area contributed by atoms with E-state index in [0.717, 1.165) is 5.92 Å². The van der Waals surface area contributed by atoms with Crippen LogP contribution in [0.15, 0.2) is 0 Å². The molecule has 10 heavy (non-hydrogen) atoms. The summed E-state index contributed by atoms with van der Waals surface area (Å²) < 4.78 is 0. The van der Waals surface area contributed by atoms with Crippen LogP contribution in [0, 0.1) is 5.92 Å². The van der Waals surface area contributed by atoms with E-state index in [0.29, 0.717) is 11.3 Å². The van der Waals surface area contributed by atoms with Crippen LogP contribution in [-0.4, -0.2) is 17.8 Å². The van der Waals surface area contributed by atoms with Crippen LogP contribution in [0.25, 0.3) is 0 Å². The number of rotatable bonds is 1. The first-order chi connectivity index (χ1) is 4.72. The zero-order valence-corrected chi connectivity index (χ0v) is 7.70. The molecule has 0 saturated carbocycles. The lowest BCUT2D eigenvalue weighted by Gasteiger charge is -2.32. The van der Waals surface area contributed by atoms with E-state index in [4.69, 9.17) is 0 Å². The lowest BCUT2D eigenvalue weighted by atomic mass is 9.94. The van der Waals surface area contributed by atoms with Crippen LogP contribution in [0.3, 0.4) is 0 Å². The van der Waals surface area contributed by atoms with Gasteiger partial charge in [0.15, 0.2) is 0 Å². The smallest absolute Gasteiger partial charge is 0.0206 e. The summed E-state index contributed by atoms with van der Waals surface area (Å²) in [5.41, 5.74) is 0. The van der Waals surface area contributed by atoms with E-state index in [9.17, 15) is 0 Å². The molecule has 2 atom stereocenters. The Labute approximate surface area is 69.0 Å². The van der Waals surface area contributed by atoms with Crippen molar-refractivity contribution in [3.05, 3.63) is 0 Å². The maximum Gasteiger partial charge on any atom is 0.0206 e. The lowest BCUT2D eigenvalue weighted by Crippen LogP contribution is -2.45. The second kappa shape index (κ2) is 3.63. The van der Waals surface area contributed by atoms with Gasteiger partial charge in [0.05, 0.1) is 0 Å². The minimum Gasteiger partial charge on any atom is -0.313 e. The first-order valence-electron chi connectivity index (χ1n) is 4.13. The van der Waals surface area contributed by atoms with Gasteiger partial charge in [0.2, 0.25) is 0 Å². The molecule has 1 heterocycles. The lowest BCUT2D eigenvalue weighted by molar-refractivity contribution is 0.337. The fourth-order valence-corrected chi connectivity index (χ4v) is 2.21. The summed E-state index contributed by atoms with van der Waals surface area (Å²) in [5.74, 6) is 0.725. The molecule has 1 nitrogen and oxygen atoms in total. The van der Waals surface area contributed by atoms with Gasteiger partial charge >= 0.3 is 0 Å². The second-order valence-electron chi connectivity index (χ2n) is 3.43. The van der Waals surface area contributed by atoms with Crippen LogP contribution in [0.2, 0.25) is 0 Å². The summed E-state index contributed by atoms with van der Waals surface area (Å²) in [6.07, 6.45) is 2.57. The van der Waals surface area contributed by atoms with Gasteiger partial charge in [-0.05, 0) is 25.3 Å². The van der Waals surface area contributed by atoms with Crippen molar-refractivity contribution < 1.29 is 0 Å². The summed E-state index contributed by atoms with van der Waals surface area (Å²) in [4.78, 5) is 0. The topological polar surface area (TPSA) is 12.0 Å². The van der Waals surface area contributed by atoms with Gasteiger partial charge in [0, 0.05) is 11.3 Å². The predicted molar refractivity (Wildman–Crippen MR) is 48.6 cm³/mol. The van der Waals surface area contributed by atoms with E-state index in [2.05, 4.69) is 31.8 Å². The van der Waals surface area contributed by atoms with Crippen LogP contribution in [0.1, 0.15) is 26.7 Å². The van der Waals surface area contributed by atoms with Gasteiger partial charge in [0.1, 0.15) is 0 Å². The Hall–Kier alpha value is 0.310. The molecule has 0 radical (unpaired) electrons. The fraction of sp³-hybridized carbons (Fsp3) is 1.00. The van der Waals surface area contributed by atoms with Crippen molar-refractivity contribution in [1.82, 2.24) is 5.32 Å². The third-order valence-electron chi connectivity index (χ3n) is 2.19. The summed E-state index contributed by atoms with van der Waals surface area (Å²) >= 11 is 4.53. The number of hydrogen-bond acceptors (Lipinski definition) is 2. The number of piperidine rings is 1. The van der Waals surface area contributed by atoms with Crippen molar-refractivity contribution in [3.8, 4) is 0 Å². The van der Waals surface area contributed by atoms with Crippen molar-refractivity contribution in [2.75, 3.05) is 6.54 Å². The SMILES string of the molecule is CC(C)C1NCCCC1S. The molecule has 1 N–H and O–H groups in total. The molecule has 2 unspecified atom stereocenters. The Morgan fingerprint density at radius 1 is 1.50 bits per heavy atom. The van der Waals surface area contributed by atoms with E-state index >= 15 is 0 Å². The zero-order valence-electron chi connectivity index (χ0n) is 6.80.